The zero-order valence-corrected chi connectivity index (χ0v) is 13.4. The Morgan fingerprint density at radius 3 is 2.59 bits per heavy atom. The topological polar surface area (TPSA) is 43.6 Å². The van der Waals surface area contributed by atoms with E-state index in [-0.39, 0.29) is 0 Å². The molecule has 22 heavy (non-hydrogen) atoms. The van der Waals surface area contributed by atoms with Gasteiger partial charge in [-0.05, 0) is 30.5 Å². The molecule has 0 spiro atoms. The van der Waals surface area contributed by atoms with E-state index in [1.165, 1.54) is 0 Å². The van der Waals surface area contributed by atoms with E-state index >= 15 is 0 Å². The van der Waals surface area contributed by atoms with Crippen LogP contribution >= 0.6 is 22.7 Å². The van der Waals surface area contributed by atoms with Crippen molar-refractivity contribution in [3.05, 3.63) is 58.4 Å². The van der Waals surface area contributed by atoms with Gasteiger partial charge >= 0.3 is 0 Å². The monoisotopic (exact) mass is 324 g/mol. The van der Waals surface area contributed by atoms with Gasteiger partial charge in [0.25, 0.3) is 0 Å². The molecule has 4 rings (SSSR count). The van der Waals surface area contributed by atoms with Gasteiger partial charge in [0, 0.05) is 10.9 Å². The summed E-state index contributed by atoms with van der Waals surface area (Å²) in [5, 5.41) is 13.5. The Bertz CT molecular complexity index is 889. The second-order valence-electron chi connectivity index (χ2n) is 4.81. The van der Waals surface area contributed by atoms with Gasteiger partial charge in [-0.2, -0.15) is 0 Å². The third kappa shape index (κ3) is 2.36. The number of hydrogen-bond donors (Lipinski definition) is 0. The normalized spacial score (nSPS) is 11.0. The lowest BCUT2D eigenvalue weighted by Crippen LogP contribution is -1.98. The highest BCUT2D eigenvalue weighted by Gasteiger charge is 2.10. The van der Waals surface area contributed by atoms with E-state index in [1.807, 2.05) is 17.7 Å². The zero-order valence-electron chi connectivity index (χ0n) is 11.8. The van der Waals surface area contributed by atoms with Gasteiger partial charge in [0.2, 0.25) is 0 Å². The molecule has 4 nitrogen and oxygen atoms in total. The molecule has 3 aromatic heterocycles. The minimum absolute atomic E-state index is 0.997. The SMILES string of the molecule is Cc1nc(-c2ccc(-n3nncc3-c3cccs3)cc2)cs1. The summed E-state index contributed by atoms with van der Waals surface area (Å²) < 4.78 is 1.86. The smallest absolute Gasteiger partial charge is 0.104 e. The van der Waals surface area contributed by atoms with Crippen LogP contribution in [0.1, 0.15) is 5.01 Å². The molecule has 6 heteroatoms. The first-order valence-electron chi connectivity index (χ1n) is 6.79. The number of hydrogen-bond acceptors (Lipinski definition) is 5. The van der Waals surface area contributed by atoms with Crippen LogP contribution in [0.5, 0.6) is 0 Å². The first-order chi connectivity index (χ1) is 10.8. The van der Waals surface area contributed by atoms with Crippen LogP contribution in [0.4, 0.5) is 0 Å². The number of rotatable bonds is 3. The van der Waals surface area contributed by atoms with Crippen LogP contribution in [0.25, 0.3) is 27.5 Å². The molecule has 0 aliphatic heterocycles. The average Bonchev–Trinajstić information content (AvgIpc) is 3.28. The Kier molecular flexibility index (Phi) is 3.32. The largest absolute Gasteiger partial charge is 0.242 e. The van der Waals surface area contributed by atoms with Gasteiger partial charge < -0.3 is 0 Å². The maximum atomic E-state index is 4.52. The number of thiophene rings is 1. The van der Waals surface area contributed by atoms with Crippen molar-refractivity contribution in [2.75, 3.05) is 0 Å². The molecular weight excluding hydrogens is 312 g/mol. The van der Waals surface area contributed by atoms with Crippen LogP contribution < -0.4 is 0 Å². The summed E-state index contributed by atoms with van der Waals surface area (Å²) in [6.45, 7) is 2.02. The molecule has 0 aliphatic carbocycles. The van der Waals surface area contributed by atoms with Gasteiger partial charge in [0.15, 0.2) is 0 Å². The number of aryl methyl sites for hydroxylation is 1. The summed E-state index contributed by atoms with van der Waals surface area (Å²) in [7, 11) is 0. The highest BCUT2D eigenvalue weighted by Crippen LogP contribution is 2.27. The lowest BCUT2D eigenvalue weighted by molar-refractivity contribution is 0.809. The second-order valence-corrected chi connectivity index (χ2v) is 6.82. The zero-order chi connectivity index (χ0) is 14.9. The molecule has 0 fully saturated rings. The van der Waals surface area contributed by atoms with Gasteiger partial charge in [0.1, 0.15) is 5.69 Å². The fourth-order valence-corrected chi connectivity index (χ4v) is 3.63. The van der Waals surface area contributed by atoms with E-state index in [1.54, 1.807) is 28.9 Å². The van der Waals surface area contributed by atoms with E-state index in [2.05, 4.69) is 56.4 Å². The lowest BCUT2D eigenvalue weighted by atomic mass is 10.1. The molecule has 0 radical (unpaired) electrons. The Morgan fingerprint density at radius 2 is 1.91 bits per heavy atom. The second kappa shape index (κ2) is 5.47. The Labute approximate surface area is 135 Å². The molecule has 0 atom stereocenters. The fraction of sp³-hybridized carbons (Fsp3) is 0.0625. The molecule has 0 amide bonds. The first-order valence-corrected chi connectivity index (χ1v) is 8.55. The van der Waals surface area contributed by atoms with Crippen LogP contribution in [0, 0.1) is 6.92 Å². The summed E-state index contributed by atoms with van der Waals surface area (Å²) in [6, 6.07) is 12.4. The van der Waals surface area contributed by atoms with Gasteiger partial charge in [-0.1, -0.05) is 23.4 Å². The summed E-state index contributed by atoms with van der Waals surface area (Å²) in [5.74, 6) is 0. The highest BCUT2D eigenvalue weighted by atomic mass is 32.1. The number of thiazole rings is 1. The van der Waals surface area contributed by atoms with Crippen LogP contribution in [-0.2, 0) is 0 Å². The third-order valence-electron chi connectivity index (χ3n) is 3.35. The quantitative estimate of drug-likeness (QED) is 0.560. The maximum absolute atomic E-state index is 4.52. The van der Waals surface area contributed by atoms with Crippen molar-refractivity contribution < 1.29 is 0 Å². The molecule has 0 saturated carbocycles. The maximum Gasteiger partial charge on any atom is 0.104 e. The standard InChI is InChI=1S/C16H12N4S2/c1-11-18-14(10-22-11)12-4-6-13(7-5-12)20-15(9-17-19-20)16-3-2-8-21-16/h2-10H,1H3. The number of benzene rings is 1. The highest BCUT2D eigenvalue weighted by molar-refractivity contribution is 7.13. The molecule has 0 aliphatic rings. The molecule has 0 unspecified atom stereocenters. The average molecular weight is 324 g/mol. The van der Waals surface area contributed by atoms with Crippen LogP contribution in [0.3, 0.4) is 0 Å². The lowest BCUT2D eigenvalue weighted by Gasteiger charge is -2.05. The molecule has 108 valence electrons. The van der Waals surface area contributed by atoms with Crippen molar-refractivity contribution in [3.63, 3.8) is 0 Å². The molecule has 4 aromatic rings. The molecular formula is C16H12N4S2. The fourth-order valence-electron chi connectivity index (χ4n) is 2.29. The Morgan fingerprint density at radius 1 is 1.05 bits per heavy atom. The van der Waals surface area contributed by atoms with Gasteiger partial charge in [0.05, 0.1) is 27.5 Å². The van der Waals surface area contributed by atoms with Crippen LogP contribution in [0.2, 0.25) is 0 Å². The van der Waals surface area contributed by atoms with Crippen LogP contribution in [0.15, 0.2) is 53.4 Å². The van der Waals surface area contributed by atoms with Gasteiger partial charge in [-0.25, -0.2) is 9.67 Å². The van der Waals surface area contributed by atoms with Crippen molar-refractivity contribution in [3.8, 4) is 27.5 Å². The molecule has 0 bridgehead atoms. The molecule has 3 heterocycles. The van der Waals surface area contributed by atoms with Crippen molar-refractivity contribution in [2.24, 2.45) is 0 Å². The predicted octanol–water partition coefficient (Wildman–Crippen LogP) is 4.43. The summed E-state index contributed by atoms with van der Waals surface area (Å²) in [4.78, 5) is 5.67. The Hall–Kier alpha value is -2.31. The number of nitrogens with zero attached hydrogens (tertiary/aromatic N) is 4. The molecule has 0 N–H and O–H groups in total. The van der Waals surface area contributed by atoms with Crippen molar-refractivity contribution in [1.29, 1.82) is 0 Å². The summed E-state index contributed by atoms with van der Waals surface area (Å²) in [5.41, 5.74) is 4.14. The van der Waals surface area contributed by atoms with Crippen molar-refractivity contribution in [1.82, 2.24) is 20.0 Å². The third-order valence-corrected chi connectivity index (χ3v) is 5.02. The van der Waals surface area contributed by atoms with E-state index in [4.69, 9.17) is 0 Å². The van der Waals surface area contributed by atoms with Crippen molar-refractivity contribution in [2.45, 2.75) is 6.92 Å². The molecule has 0 saturated heterocycles. The minimum atomic E-state index is 0.997. The summed E-state index contributed by atoms with van der Waals surface area (Å²) in [6.07, 6.45) is 1.80. The van der Waals surface area contributed by atoms with E-state index in [0.717, 1.165) is 32.5 Å². The van der Waals surface area contributed by atoms with Crippen molar-refractivity contribution >= 4 is 22.7 Å². The van der Waals surface area contributed by atoms with Crippen LogP contribution in [-0.4, -0.2) is 20.0 Å². The number of aromatic nitrogens is 4. The molecule has 1 aromatic carbocycles. The predicted molar refractivity (Wildman–Crippen MR) is 90.5 cm³/mol. The summed E-state index contributed by atoms with van der Waals surface area (Å²) >= 11 is 3.35. The van der Waals surface area contributed by atoms with E-state index in [9.17, 15) is 0 Å². The minimum Gasteiger partial charge on any atom is -0.242 e. The Balaban J connectivity index is 1.71. The van der Waals surface area contributed by atoms with E-state index in [0.29, 0.717) is 0 Å². The van der Waals surface area contributed by atoms with E-state index < -0.39 is 0 Å². The first kappa shape index (κ1) is 13.4. The van der Waals surface area contributed by atoms with Gasteiger partial charge in [-0.15, -0.1) is 27.8 Å². The van der Waals surface area contributed by atoms with Gasteiger partial charge in [-0.3, -0.25) is 0 Å².